The van der Waals surface area contributed by atoms with E-state index in [1.807, 2.05) is 25.1 Å². The fourth-order valence-corrected chi connectivity index (χ4v) is 1.03. The lowest BCUT2D eigenvalue weighted by Crippen LogP contribution is -1.88. The van der Waals surface area contributed by atoms with Crippen molar-refractivity contribution in [3.05, 3.63) is 23.8 Å². The molecule has 2 nitrogen and oxygen atoms in total. The number of rotatable bonds is 2. The molecule has 60 valence electrons. The van der Waals surface area contributed by atoms with Crippen molar-refractivity contribution in [2.24, 2.45) is 0 Å². The maximum atomic E-state index is 5.11. The number of thiol groups is 1. The number of methoxy groups -OCH3 is 1. The average molecular weight is 169 g/mol. The highest BCUT2D eigenvalue weighted by molar-refractivity contribution is 7.81. The first-order valence-electron chi connectivity index (χ1n) is 3.32. The van der Waals surface area contributed by atoms with E-state index in [0.29, 0.717) is 0 Å². The molecule has 1 aromatic rings. The topological polar surface area (TPSA) is 21.3 Å². The van der Waals surface area contributed by atoms with E-state index >= 15 is 0 Å². The molecule has 0 fully saturated rings. The predicted molar refractivity (Wildman–Crippen MR) is 50.3 cm³/mol. The summed E-state index contributed by atoms with van der Waals surface area (Å²) < 4.78 is 7.86. The standard InChI is InChI=1S/C8H11NOS/c1-6-3-4-7(9-11)5-8(6)10-2/h3-5,9,11H,1-2H3. The van der Waals surface area contributed by atoms with Gasteiger partial charge in [0.2, 0.25) is 0 Å². The van der Waals surface area contributed by atoms with Crippen LogP contribution in [0.3, 0.4) is 0 Å². The van der Waals surface area contributed by atoms with Crippen molar-refractivity contribution in [1.29, 1.82) is 0 Å². The first-order valence-corrected chi connectivity index (χ1v) is 3.77. The van der Waals surface area contributed by atoms with Gasteiger partial charge in [0.05, 0.1) is 7.11 Å². The number of benzene rings is 1. The molecule has 0 unspecified atom stereocenters. The zero-order valence-electron chi connectivity index (χ0n) is 6.59. The minimum Gasteiger partial charge on any atom is -0.496 e. The molecule has 0 saturated carbocycles. The van der Waals surface area contributed by atoms with Gasteiger partial charge in [0.25, 0.3) is 0 Å². The van der Waals surface area contributed by atoms with Gasteiger partial charge in [-0.3, -0.25) is 0 Å². The summed E-state index contributed by atoms with van der Waals surface area (Å²) in [5.41, 5.74) is 2.07. The summed E-state index contributed by atoms with van der Waals surface area (Å²) in [4.78, 5) is 0. The second-order valence-corrected chi connectivity index (χ2v) is 2.52. The third-order valence-electron chi connectivity index (χ3n) is 1.54. The minimum atomic E-state index is 0.879. The zero-order valence-corrected chi connectivity index (χ0v) is 7.48. The van der Waals surface area contributed by atoms with Crippen molar-refractivity contribution in [2.75, 3.05) is 11.8 Å². The van der Waals surface area contributed by atoms with E-state index in [9.17, 15) is 0 Å². The lowest BCUT2D eigenvalue weighted by Gasteiger charge is -2.05. The predicted octanol–water partition coefficient (Wildman–Crippen LogP) is 2.26. The molecule has 0 radical (unpaired) electrons. The van der Waals surface area contributed by atoms with Crippen LogP contribution in [0, 0.1) is 6.92 Å². The lowest BCUT2D eigenvalue weighted by atomic mass is 10.2. The molecule has 0 saturated heterocycles. The van der Waals surface area contributed by atoms with Crippen LogP contribution in [-0.4, -0.2) is 7.11 Å². The van der Waals surface area contributed by atoms with Gasteiger partial charge in [0.1, 0.15) is 5.75 Å². The van der Waals surface area contributed by atoms with Gasteiger partial charge in [-0.05, 0) is 18.6 Å². The van der Waals surface area contributed by atoms with Crippen molar-refractivity contribution in [2.45, 2.75) is 6.92 Å². The van der Waals surface area contributed by atoms with Gasteiger partial charge in [0, 0.05) is 11.8 Å². The summed E-state index contributed by atoms with van der Waals surface area (Å²) in [7, 11) is 1.66. The lowest BCUT2D eigenvalue weighted by molar-refractivity contribution is 0.412. The zero-order chi connectivity index (χ0) is 8.27. The van der Waals surface area contributed by atoms with E-state index < -0.39 is 0 Å². The number of anilines is 1. The van der Waals surface area contributed by atoms with Crippen LogP contribution >= 0.6 is 12.8 Å². The molecule has 0 aromatic heterocycles. The van der Waals surface area contributed by atoms with Crippen LogP contribution in [0.25, 0.3) is 0 Å². The van der Waals surface area contributed by atoms with Crippen molar-refractivity contribution in [1.82, 2.24) is 0 Å². The van der Waals surface area contributed by atoms with Crippen molar-refractivity contribution < 1.29 is 4.74 Å². The first kappa shape index (κ1) is 8.27. The van der Waals surface area contributed by atoms with E-state index in [-0.39, 0.29) is 0 Å². The normalized spacial score (nSPS) is 9.36. The van der Waals surface area contributed by atoms with Gasteiger partial charge in [-0.2, -0.15) is 0 Å². The Labute approximate surface area is 72.1 Å². The number of hydrogen-bond donors (Lipinski definition) is 2. The van der Waals surface area contributed by atoms with E-state index in [2.05, 4.69) is 17.5 Å². The molecule has 1 N–H and O–H groups in total. The monoisotopic (exact) mass is 169 g/mol. The summed E-state index contributed by atoms with van der Waals surface area (Å²) in [5, 5.41) is 0. The summed E-state index contributed by atoms with van der Waals surface area (Å²) in [6.45, 7) is 2.00. The second kappa shape index (κ2) is 3.53. The highest BCUT2D eigenvalue weighted by atomic mass is 32.1. The first-order chi connectivity index (χ1) is 5.27. The Hall–Kier alpha value is -0.830. The molecule has 0 aliphatic heterocycles. The van der Waals surface area contributed by atoms with Gasteiger partial charge in [-0.15, -0.1) is 0 Å². The SMILES string of the molecule is COc1cc(NS)ccc1C. The molecule has 1 rings (SSSR count). The van der Waals surface area contributed by atoms with Crippen molar-refractivity contribution in [3.8, 4) is 5.75 Å². The molecular weight excluding hydrogens is 158 g/mol. The Morgan fingerprint density at radius 3 is 2.73 bits per heavy atom. The summed E-state index contributed by atoms with van der Waals surface area (Å²) in [6, 6.07) is 5.84. The molecule has 0 amide bonds. The Kier molecular flexibility index (Phi) is 2.65. The fraction of sp³-hybridized carbons (Fsp3) is 0.250. The Morgan fingerprint density at radius 2 is 2.18 bits per heavy atom. The van der Waals surface area contributed by atoms with E-state index in [0.717, 1.165) is 17.0 Å². The third kappa shape index (κ3) is 1.80. The molecule has 0 heterocycles. The summed E-state index contributed by atoms with van der Waals surface area (Å²) >= 11 is 3.92. The maximum Gasteiger partial charge on any atom is 0.123 e. The van der Waals surface area contributed by atoms with E-state index in [4.69, 9.17) is 4.74 Å². The number of nitrogens with one attached hydrogen (secondary N) is 1. The number of aryl methyl sites for hydroxylation is 1. The van der Waals surface area contributed by atoms with E-state index in [1.165, 1.54) is 0 Å². The Bertz CT molecular complexity index is 250. The Balaban J connectivity index is 3.02. The van der Waals surface area contributed by atoms with Gasteiger partial charge < -0.3 is 9.46 Å². The fourth-order valence-electron chi connectivity index (χ4n) is 0.890. The smallest absolute Gasteiger partial charge is 0.123 e. The molecule has 11 heavy (non-hydrogen) atoms. The van der Waals surface area contributed by atoms with Gasteiger partial charge in [-0.25, -0.2) is 0 Å². The average Bonchev–Trinajstić information content (AvgIpc) is 2.05. The molecular formula is C8H11NOS. The molecule has 0 aliphatic rings. The second-order valence-electron chi connectivity index (χ2n) is 2.30. The van der Waals surface area contributed by atoms with Crippen LogP contribution in [0.2, 0.25) is 0 Å². The van der Waals surface area contributed by atoms with Crippen molar-refractivity contribution in [3.63, 3.8) is 0 Å². The maximum absolute atomic E-state index is 5.11. The van der Waals surface area contributed by atoms with Gasteiger partial charge >= 0.3 is 0 Å². The van der Waals surface area contributed by atoms with Crippen molar-refractivity contribution >= 4 is 18.5 Å². The quantitative estimate of drug-likeness (QED) is 0.663. The molecule has 0 atom stereocenters. The van der Waals surface area contributed by atoms with Gasteiger partial charge in [0.15, 0.2) is 0 Å². The third-order valence-corrected chi connectivity index (χ3v) is 1.80. The van der Waals surface area contributed by atoms with Crippen LogP contribution < -0.4 is 9.46 Å². The molecule has 0 bridgehead atoms. The highest BCUT2D eigenvalue weighted by Gasteiger charge is 1.97. The molecule has 0 spiro atoms. The molecule has 1 aromatic carbocycles. The minimum absolute atomic E-state index is 0.879. The number of hydrogen-bond acceptors (Lipinski definition) is 3. The molecule has 0 aliphatic carbocycles. The van der Waals surface area contributed by atoms with Crippen LogP contribution in [-0.2, 0) is 0 Å². The Morgan fingerprint density at radius 1 is 1.45 bits per heavy atom. The van der Waals surface area contributed by atoms with Crippen LogP contribution in [0.15, 0.2) is 18.2 Å². The summed E-state index contributed by atoms with van der Waals surface area (Å²) in [5.74, 6) is 0.879. The van der Waals surface area contributed by atoms with Crippen LogP contribution in [0.4, 0.5) is 5.69 Å². The highest BCUT2D eigenvalue weighted by Crippen LogP contribution is 2.22. The largest absolute Gasteiger partial charge is 0.496 e. The molecule has 3 heteroatoms. The van der Waals surface area contributed by atoms with E-state index in [1.54, 1.807) is 7.11 Å². The van der Waals surface area contributed by atoms with Gasteiger partial charge in [-0.1, -0.05) is 18.9 Å². The summed E-state index contributed by atoms with van der Waals surface area (Å²) in [6.07, 6.45) is 0. The van der Waals surface area contributed by atoms with Crippen LogP contribution in [0.5, 0.6) is 5.75 Å². The number of ether oxygens (including phenoxy) is 1. The van der Waals surface area contributed by atoms with Crippen LogP contribution in [0.1, 0.15) is 5.56 Å².